The Kier molecular flexibility index (Phi) is 13.9. The highest BCUT2D eigenvalue weighted by Gasteiger charge is 2.25. The van der Waals surface area contributed by atoms with Crippen LogP contribution in [-0.2, 0) is 28.4 Å². The molecule has 0 bridgehead atoms. The normalized spacial score (nSPS) is 10.6. The minimum Gasteiger partial charge on any atom is -0.434 e. The molecule has 0 radical (unpaired) electrons. The molecule has 0 aliphatic heterocycles. The molecule has 288 valence electrons. The van der Waals surface area contributed by atoms with E-state index in [1.165, 1.54) is 36.4 Å². The van der Waals surface area contributed by atoms with Gasteiger partial charge in [0.15, 0.2) is 34.5 Å². The van der Waals surface area contributed by atoms with Gasteiger partial charge in [-0.25, -0.2) is 28.8 Å². The molecule has 0 spiro atoms. The standard InChI is InChI=1S/C36H36O18/c1-7-43-31(37)49-25-13-19-20(14-26(25)50-32(38)44-8-2)22-16-28(52-34(40)46-10-4)30(54-36(42)48-12-6)18-24(22)23-17-29(53-35(41)47-11-5)27(15-21(19)23)51-33(39)45-9-3/h13-18H,7-12H2,1-6H3. The number of carbonyl (C=O) groups excluding carboxylic acids is 6. The van der Waals surface area contributed by atoms with Crippen molar-refractivity contribution in [2.24, 2.45) is 0 Å². The summed E-state index contributed by atoms with van der Waals surface area (Å²) in [5, 5.41) is 1.45. The van der Waals surface area contributed by atoms with Crippen LogP contribution in [0.1, 0.15) is 41.5 Å². The van der Waals surface area contributed by atoms with Gasteiger partial charge < -0.3 is 56.8 Å². The lowest BCUT2D eigenvalue weighted by Crippen LogP contribution is -2.15. The van der Waals surface area contributed by atoms with E-state index in [-0.39, 0.29) is 106 Å². The van der Waals surface area contributed by atoms with Gasteiger partial charge in [0.05, 0.1) is 39.6 Å². The molecule has 0 aliphatic carbocycles. The van der Waals surface area contributed by atoms with E-state index in [0.29, 0.717) is 0 Å². The Labute approximate surface area is 306 Å². The lowest BCUT2D eigenvalue weighted by atomic mass is 9.93. The summed E-state index contributed by atoms with van der Waals surface area (Å²) in [4.78, 5) is 75.2. The van der Waals surface area contributed by atoms with E-state index in [1.807, 2.05) is 0 Å². The van der Waals surface area contributed by atoms with Crippen LogP contribution in [0.2, 0.25) is 0 Å². The summed E-state index contributed by atoms with van der Waals surface area (Å²) < 4.78 is 62.1. The molecule has 0 saturated heterocycles. The maximum atomic E-state index is 12.5. The average Bonchev–Trinajstić information content (AvgIpc) is 3.10. The van der Waals surface area contributed by atoms with E-state index in [0.717, 1.165) is 0 Å². The lowest BCUT2D eigenvalue weighted by Gasteiger charge is -2.18. The Bertz CT molecular complexity index is 1660. The Hall–Kier alpha value is -6.72. The van der Waals surface area contributed by atoms with Crippen molar-refractivity contribution in [3.05, 3.63) is 36.4 Å². The molecule has 0 amide bonds. The number of benzene rings is 4. The maximum Gasteiger partial charge on any atom is 0.513 e. The van der Waals surface area contributed by atoms with Gasteiger partial charge in [-0.05, 0) is 110 Å². The van der Waals surface area contributed by atoms with E-state index >= 15 is 0 Å². The third kappa shape index (κ3) is 9.78. The first-order valence-electron chi connectivity index (χ1n) is 16.6. The Morgan fingerprint density at radius 1 is 0.296 bits per heavy atom. The minimum atomic E-state index is -1.14. The van der Waals surface area contributed by atoms with Crippen molar-refractivity contribution in [3.63, 3.8) is 0 Å². The zero-order chi connectivity index (χ0) is 39.4. The monoisotopic (exact) mass is 756 g/mol. The van der Waals surface area contributed by atoms with Crippen LogP contribution in [0, 0.1) is 0 Å². The van der Waals surface area contributed by atoms with E-state index in [2.05, 4.69) is 0 Å². The molecule has 0 heterocycles. The van der Waals surface area contributed by atoms with Crippen molar-refractivity contribution in [3.8, 4) is 34.5 Å². The third-order valence-electron chi connectivity index (χ3n) is 6.86. The van der Waals surface area contributed by atoms with Crippen LogP contribution in [-0.4, -0.2) is 76.6 Å². The van der Waals surface area contributed by atoms with Crippen molar-refractivity contribution in [2.75, 3.05) is 39.6 Å². The van der Waals surface area contributed by atoms with Crippen LogP contribution in [0.15, 0.2) is 36.4 Å². The third-order valence-corrected chi connectivity index (χ3v) is 6.86. The predicted octanol–water partition coefficient (Wildman–Crippen LogP) is 8.36. The van der Waals surface area contributed by atoms with Gasteiger partial charge in [0.1, 0.15) is 0 Å². The summed E-state index contributed by atoms with van der Waals surface area (Å²) in [5.41, 5.74) is 0. The first-order valence-corrected chi connectivity index (χ1v) is 16.6. The first kappa shape index (κ1) is 40.1. The summed E-state index contributed by atoms with van der Waals surface area (Å²) in [6, 6.07) is 7.90. The molecule has 0 aromatic heterocycles. The lowest BCUT2D eigenvalue weighted by molar-refractivity contribution is 0.0940. The summed E-state index contributed by atoms with van der Waals surface area (Å²) in [5.74, 6) is -1.84. The van der Waals surface area contributed by atoms with Crippen molar-refractivity contribution >= 4 is 69.2 Å². The van der Waals surface area contributed by atoms with Crippen LogP contribution in [0.3, 0.4) is 0 Å². The molecule has 4 aromatic rings. The van der Waals surface area contributed by atoms with Crippen molar-refractivity contribution < 1.29 is 85.6 Å². The first-order chi connectivity index (χ1) is 26.0. The summed E-state index contributed by atoms with van der Waals surface area (Å²) in [6.45, 7) is 9.00. The van der Waals surface area contributed by atoms with Crippen LogP contribution in [0.4, 0.5) is 28.8 Å². The highest BCUT2D eigenvalue weighted by atomic mass is 16.8. The SMILES string of the molecule is CCOC(=O)Oc1cc2c3cc(OC(=O)OCC)c(OC(=O)OCC)cc3c3cc(OC(=O)OCC)c(OC(=O)OCC)cc3c2cc1OC(=O)OCC. The van der Waals surface area contributed by atoms with Gasteiger partial charge in [-0.2, -0.15) is 0 Å². The second kappa shape index (κ2) is 18.7. The highest BCUT2D eigenvalue weighted by Crippen LogP contribution is 2.47. The Morgan fingerprint density at radius 3 is 0.537 bits per heavy atom. The molecule has 0 aliphatic rings. The van der Waals surface area contributed by atoms with Crippen LogP contribution in [0.25, 0.3) is 32.3 Å². The number of ether oxygens (including phenoxy) is 12. The number of hydrogen-bond acceptors (Lipinski definition) is 18. The fraction of sp³-hybridized carbons (Fsp3) is 0.333. The van der Waals surface area contributed by atoms with Crippen molar-refractivity contribution in [1.82, 2.24) is 0 Å². The fourth-order valence-electron chi connectivity index (χ4n) is 4.92. The zero-order valence-corrected chi connectivity index (χ0v) is 30.1. The van der Waals surface area contributed by atoms with Crippen molar-refractivity contribution in [1.29, 1.82) is 0 Å². The molecule has 18 heteroatoms. The van der Waals surface area contributed by atoms with Gasteiger partial charge in [-0.15, -0.1) is 0 Å². The summed E-state index contributed by atoms with van der Waals surface area (Å²) >= 11 is 0. The zero-order valence-electron chi connectivity index (χ0n) is 30.1. The second-order valence-corrected chi connectivity index (χ2v) is 10.2. The molecule has 0 atom stereocenters. The number of fused-ring (bicyclic) bond motifs is 6. The van der Waals surface area contributed by atoms with Crippen LogP contribution in [0.5, 0.6) is 34.5 Å². The molecule has 4 aromatic carbocycles. The number of hydrogen-bond donors (Lipinski definition) is 0. The van der Waals surface area contributed by atoms with Gasteiger partial charge in [-0.1, -0.05) is 0 Å². The smallest absolute Gasteiger partial charge is 0.434 e. The van der Waals surface area contributed by atoms with Gasteiger partial charge in [-0.3, -0.25) is 0 Å². The topological polar surface area (TPSA) is 213 Å². The summed E-state index contributed by atoms with van der Waals surface area (Å²) in [6.07, 6.45) is -6.84. The van der Waals surface area contributed by atoms with Crippen LogP contribution >= 0.6 is 0 Å². The molecule has 4 rings (SSSR count). The molecular formula is C36H36O18. The number of carbonyl (C=O) groups is 6. The Morgan fingerprint density at radius 2 is 0.426 bits per heavy atom. The number of rotatable bonds is 12. The van der Waals surface area contributed by atoms with Crippen LogP contribution < -0.4 is 28.4 Å². The summed E-state index contributed by atoms with van der Waals surface area (Å²) in [7, 11) is 0. The molecule has 0 unspecified atom stereocenters. The van der Waals surface area contributed by atoms with E-state index in [1.54, 1.807) is 41.5 Å². The van der Waals surface area contributed by atoms with Gasteiger partial charge in [0.25, 0.3) is 0 Å². The van der Waals surface area contributed by atoms with Crippen molar-refractivity contribution in [2.45, 2.75) is 41.5 Å². The van der Waals surface area contributed by atoms with E-state index in [9.17, 15) is 28.8 Å². The van der Waals surface area contributed by atoms with Gasteiger partial charge in [0, 0.05) is 0 Å². The van der Waals surface area contributed by atoms with Gasteiger partial charge in [0.2, 0.25) is 0 Å². The average molecular weight is 757 g/mol. The van der Waals surface area contributed by atoms with E-state index < -0.39 is 36.9 Å². The molecule has 0 fully saturated rings. The molecular weight excluding hydrogens is 720 g/mol. The minimum absolute atomic E-state index is 0.0503. The molecule has 0 saturated carbocycles. The molecule has 54 heavy (non-hydrogen) atoms. The maximum absolute atomic E-state index is 12.5. The van der Waals surface area contributed by atoms with E-state index in [4.69, 9.17) is 56.8 Å². The fourth-order valence-corrected chi connectivity index (χ4v) is 4.92. The second-order valence-electron chi connectivity index (χ2n) is 10.2. The molecule has 0 N–H and O–H groups in total. The van der Waals surface area contributed by atoms with Gasteiger partial charge >= 0.3 is 36.9 Å². The highest BCUT2D eigenvalue weighted by molar-refractivity contribution is 6.27. The molecule has 18 nitrogen and oxygen atoms in total. The quantitative estimate of drug-likeness (QED) is 0.0574. The largest absolute Gasteiger partial charge is 0.513 e. The predicted molar refractivity (Wildman–Crippen MR) is 185 cm³/mol. The Balaban J connectivity index is 2.20.